The largest absolute Gasteiger partial charge is 0.522 e. The summed E-state index contributed by atoms with van der Waals surface area (Å²) in [6.07, 6.45) is 4.48. The van der Waals surface area contributed by atoms with Gasteiger partial charge in [0.2, 0.25) is 0 Å². The minimum absolute atomic E-state index is 0.227. The van der Waals surface area contributed by atoms with Crippen LogP contribution in [0.4, 0.5) is 18.9 Å². The molecule has 7 nitrogen and oxygen atoms in total. The number of nitrogens with zero attached hydrogens (tertiary/aromatic N) is 1. The van der Waals surface area contributed by atoms with E-state index in [4.69, 9.17) is 17.2 Å². The summed E-state index contributed by atoms with van der Waals surface area (Å²) >= 11 is 0. The highest BCUT2D eigenvalue weighted by atomic mass is 32.2. The Hall–Kier alpha value is -1.21. The third-order valence-corrected chi connectivity index (χ3v) is 5.88. The fourth-order valence-corrected chi connectivity index (χ4v) is 3.18. The van der Waals surface area contributed by atoms with Gasteiger partial charge in [-0.1, -0.05) is 33.1 Å². The maximum absolute atomic E-state index is 12.2. The SMILES string of the molecule is CCCCCC(C)COS(=O)(=O)c1ccc([N+](C)(C)C)cc1.O=S(=O)(O)C(F)(F)F. The molecule has 0 fully saturated rings. The lowest BCUT2D eigenvalue weighted by Gasteiger charge is -2.23. The van der Waals surface area contributed by atoms with Crippen molar-refractivity contribution >= 4 is 25.9 Å². The van der Waals surface area contributed by atoms with Crippen LogP contribution in [0.25, 0.3) is 0 Å². The van der Waals surface area contributed by atoms with Gasteiger partial charge in [-0.15, -0.1) is 0 Å². The minimum atomic E-state index is -5.84. The van der Waals surface area contributed by atoms with Gasteiger partial charge in [-0.25, -0.2) is 0 Å². The second-order valence-electron chi connectivity index (χ2n) is 7.77. The Morgan fingerprint density at radius 1 is 1.03 bits per heavy atom. The van der Waals surface area contributed by atoms with Crippen molar-refractivity contribution in [3.05, 3.63) is 24.3 Å². The third kappa shape index (κ3) is 10.7. The van der Waals surface area contributed by atoms with Gasteiger partial charge in [-0.2, -0.15) is 30.0 Å². The van der Waals surface area contributed by atoms with Crippen LogP contribution in [0.5, 0.6) is 0 Å². The number of halogens is 3. The van der Waals surface area contributed by atoms with Crippen molar-refractivity contribution in [2.24, 2.45) is 5.92 Å². The van der Waals surface area contributed by atoms with E-state index in [-0.39, 0.29) is 17.4 Å². The molecule has 1 rings (SSSR count). The normalized spacial score (nSPS) is 14.0. The Morgan fingerprint density at radius 2 is 1.50 bits per heavy atom. The van der Waals surface area contributed by atoms with E-state index in [1.165, 1.54) is 12.8 Å². The molecule has 0 aliphatic rings. The lowest BCUT2D eigenvalue weighted by atomic mass is 10.0. The van der Waals surface area contributed by atoms with E-state index in [1.807, 2.05) is 40.2 Å². The Labute approximate surface area is 177 Å². The number of hydrogen-bond donors (Lipinski definition) is 1. The number of quaternary nitrogens is 1. The van der Waals surface area contributed by atoms with Crippen LogP contribution < -0.4 is 4.48 Å². The summed E-state index contributed by atoms with van der Waals surface area (Å²) in [4.78, 5) is 0.227. The molecule has 12 heteroatoms. The van der Waals surface area contributed by atoms with Crippen LogP contribution in [-0.4, -0.2) is 54.6 Å². The van der Waals surface area contributed by atoms with Gasteiger partial charge in [0.1, 0.15) is 5.69 Å². The van der Waals surface area contributed by atoms with Crippen molar-refractivity contribution in [1.29, 1.82) is 0 Å². The average Bonchev–Trinajstić information content (AvgIpc) is 2.58. The Kier molecular flexibility index (Phi) is 11.0. The molecule has 1 N–H and O–H groups in total. The number of alkyl halides is 3. The predicted octanol–water partition coefficient (Wildman–Crippen LogP) is 4.20. The summed E-state index contributed by atoms with van der Waals surface area (Å²) in [6.45, 7) is 4.44. The molecule has 1 aromatic carbocycles. The van der Waals surface area contributed by atoms with Crippen LogP contribution in [0, 0.1) is 5.92 Å². The van der Waals surface area contributed by atoms with Crippen LogP contribution in [0.2, 0.25) is 0 Å². The molecule has 0 bridgehead atoms. The van der Waals surface area contributed by atoms with Crippen LogP contribution in [0.15, 0.2) is 29.2 Å². The van der Waals surface area contributed by atoms with Crippen LogP contribution in [0.1, 0.15) is 39.5 Å². The summed E-state index contributed by atoms with van der Waals surface area (Å²) in [7, 11) is -3.38. The van der Waals surface area contributed by atoms with Crippen molar-refractivity contribution in [2.45, 2.75) is 49.9 Å². The monoisotopic (exact) mass is 478 g/mol. The van der Waals surface area contributed by atoms with Crippen LogP contribution >= 0.6 is 0 Å². The van der Waals surface area contributed by atoms with E-state index >= 15 is 0 Å². The summed E-state index contributed by atoms with van der Waals surface area (Å²) in [6, 6.07) is 6.91. The molecule has 30 heavy (non-hydrogen) atoms. The summed E-state index contributed by atoms with van der Waals surface area (Å²) < 4.78 is 87.8. The first-order valence-corrected chi connectivity index (χ1v) is 12.1. The zero-order valence-electron chi connectivity index (χ0n) is 17.8. The molecular formula is C18H31F3NO6S2+. The van der Waals surface area contributed by atoms with E-state index < -0.39 is 25.7 Å². The number of rotatable bonds is 9. The average molecular weight is 479 g/mol. The van der Waals surface area contributed by atoms with Crippen molar-refractivity contribution < 1.29 is 38.7 Å². The smallest absolute Gasteiger partial charge is 0.298 e. The molecule has 0 aromatic heterocycles. The third-order valence-electron chi connectivity index (χ3n) is 4.00. The molecular weight excluding hydrogens is 447 g/mol. The molecule has 0 amide bonds. The van der Waals surface area contributed by atoms with Gasteiger partial charge < -0.3 is 0 Å². The van der Waals surface area contributed by atoms with Gasteiger partial charge in [0, 0.05) is 12.1 Å². The second-order valence-corrected chi connectivity index (χ2v) is 10.8. The Balaban J connectivity index is 0.000000890. The maximum atomic E-state index is 12.2. The number of benzene rings is 1. The van der Waals surface area contributed by atoms with E-state index in [0.29, 0.717) is 4.48 Å². The zero-order chi connectivity index (χ0) is 23.8. The van der Waals surface area contributed by atoms with Gasteiger partial charge in [-0.05, 0) is 24.5 Å². The van der Waals surface area contributed by atoms with Gasteiger partial charge in [0.25, 0.3) is 10.1 Å². The first-order chi connectivity index (χ1) is 13.4. The molecule has 1 atom stereocenters. The van der Waals surface area contributed by atoms with Crippen LogP contribution in [-0.2, 0) is 24.4 Å². The molecule has 176 valence electrons. The van der Waals surface area contributed by atoms with Crippen molar-refractivity contribution in [3.63, 3.8) is 0 Å². The fraction of sp³-hybridized carbons (Fsp3) is 0.667. The van der Waals surface area contributed by atoms with E-state index in [9.17, 15) is 21.6 Å². The minimum Gasteiger partial charge on any atom is -0.298 e. The van der Waals surface area contributed by atoms with Gasteiger partial charge in [0.05, 0.1) is 32.6 Å². The quantitative estimate of drug-likeness (QED) is 0.188. The highest BCUT2D eigenvalue weighted by Gasteiger charge is 2.44. The van der Waals surface area contributed by atoms with Crippen molar-refractivity contribution in [2.75, 3.05) is 27.7 Å². The maximum Gasteiger partial charge on any atom is 0.522 e. The molecule has 0 saturated carbocycles. The number of hydrogen-bond acceptors (Lipinski definition) is 5. The molecule has 1 aromatic rings. The Bertz CT molecular complexity index is 845. The molecule has 0 aliphatic carbocycles. The molecule has 0 heterocycles. The highest BCUT2D eigenvalue weighted by Crippen LogP contribution is 2.22. The summed E-state index contributed by atoms with van der Waals surface area (Å²) in [5.74, 6) is 0.256. The van der Waals surface area contributed by atoms with Crippen LogP contribution in [0.3, 0.4) is 0 Å². The van der Waals surface area contributed by atoms with E-state index in [2.05, 4.69) is 6.92 Å². The standard InChI is InChI=1S/C17H30NO3S.CHF3O3S/c1-6-7-8-9-15(2)14-21-22(19,20)17-12-10-16(11-13-17)18(3,4)5;2-1(3,4)8(5,6)7/h10-13,15H,6-9,14H2,1-5H3;(H,5,6,7)/q+1;. The molecule has 0 saturated heterocycles. The van der Waals surface area contributed by atoms with E-state index in [0.717, 1.165) is 18.5 Å². The lowest BCUT2D eigenvalue weighted by molar-refractivity contribution is -0.0510. The van der Waals surface area contributed by atoms with Crippen molar-refractivity contribution in [1.82, 2.24) is 4.48 Å². The lowest BCUT2D eigenvalue weighted by Crippen LogP contribution is -2.34. The van der Waals surface area contributed by atoms with Gasteiger partial charge in [0.15, 0.2) is 0 Å². The van der Waals surface area contributed by atoms with Gasteiger partial charge in [-0.3, -0.25) is 13.2 Å². The molecule has 0 spiro atoms. The Morgan fingerprint density at radius 3 is 1.87 bits per heavy atom. The summed E-state index contributed by atoms with van der Waals surface area (Å²) in [5.41, 5.74) is -4.49. The first-order valence-electron chi connectivity index (χ1n) is 9.27. The molecule has 0 aliphatic heterocycles. The topological polar surface area (TPSA) is 97.7 Å². The van der Waals surface area contributed by atoms with Crippen molar-refractivity contribution in [3.8, 4) is 0 Å². The van der Waals surface area contributed by atoms with Gasteiger partial charge >= 0.3 is 15.6 Å². The number of unbranched alkanes of at least 4 members (excludes halogenated alkanes) is 2. The van der Waals surface area contributed by atoms with E-state index in [1.54, 1.807) is 12.1 Å². The first kappa shape index (κ1) is 28.8. The summed E-state index contributed by atoms with van der Waals surface area (Å²) in [5, 5.41) is 0. The second kappa shape index (κ2) is 11.4. The fourth-order valence-electron chi connectivity index (χ4n) is 2.16. The zero-order valence-corrected chi connectivity index (χ0v) is 19.4. The molecule has 0 radical (unpaired) electrons. The predicted molar refractivity (Wildman–Crippen MR) is 110 cm³/mol. The highest BCUT2D eigenvalue weighted by molar-refractivity contribution is 7.87. The molecule has 1 unspecified atom stereocenters.